The minimum Gasteiger partial charge on any atom is -0.399 e. The molecule has 208 valence electrons. The van der Waals surface area contributed by atoms with Gasteiger partial charge in [0.25, 0.3) is 0 Å². The molecule has 1 fully saturated rings. The normalized spacial score (nSPS) is 15.4. The first kappa shape index (κ1) is 32.5. The van der Waals surface area contributed by atoms with Gasteiger partial charge in [-0.2, -0.15) is 18.3 Å². The van der Waals surface area contributed by atoms with Crippen molar-refractivity contribution in [3.05, 3.63) is 52.1 Å². The highest BCUT2D eigenvalue weighted by Gasteiger charge is 2.34. The van der Waals surface area contributed by atoms with E-state index in [1.807, 2.05) is 32.4 Å². The smallest absolute Gasteiger partial charge is 0.399 e. The van der Waals surface area contributed by atoms with E-state index in [4.69, 9.17) is 23.1 Å². The molecule has 5 nitrogen and oxygen atoms in total. The Morgan fingerprint density at radius 1 is 0.973 bits per heavy atom. The van der Waals surface area contributed by atoms with Crippen molar-refractivity contribution in [2.75, 3.05) is 5.73 Å². The molecule has 0 unspecified atom stereocenters. The van der Waals surface area contributed by atoms with E-state index in [2.05, 4.69) is 16.7 Å². The van der Waals surface area contributed by atoms with Gasteiger partial charge in [-0.3, -0.25) is 4.68 Å². The fourth-order valence-electron chi connectivity index (χ4n) is 4.19. The van der Waals surface area contributed by atoms with Gasteiger partial charge in [0.1, 0.15) is 5.69 Å². The molecule has 3 heterocycles. The maximum Gasteiger partial charge on any atom is 0.433 e. The number of fused-ring (bicyclic) bond motifs is 2. The highest BCUT2D eigenvalue weighted by molar-refractivity contribution is 6.31. The summed E-state index contributed by atoms with van der Waals surface area (Å²) in [4.78, 5) is 3.57. The summed E-state index contributed by atoms with van der Waals surface area (Å²) in [5, 5.41) is 4.78. The molecule has 2 aliphatic carbocycles. The Kier molecular flexibility index (Phi) is 14.4. The summed E-state index contributed by atoms with van der Waals surface area (Å²) in [6, 6.07) is 0.838. The Labute approximate surface area is 225 Å². The van der Waals surface area contributed by atoms with E-state index < -0.39 is 11.9 Å². The van der Waals surface area contributed by atoms with E-state index in [9.17, 15) is 13.2 Å². The summed E-state index contributed by atoms with van der Waals surface area (Å²) >= 11 is 5.80. The SMILES string of the molecule is C1CCCCC1.C=C(N)c1cnn2c1CCC2.CC.CC.Nc1cc(C(F)(F)F)nc2c1C=C(Cl)CC2. The molecule has 4 N–H and O–H groups in total. The number of hydrogen-bond donors (Lipinski definition) is 2. The third kappa shape index (κ3) is 10.1. The van der Waals surface area contributed by atoms with Gasteiger partial charge in [0.05, 0.1) is 11.9 Å². The summed E-state index contributed by atoms with van der Waals surface area (Å²) < 4.78 is 39.4. The van der Waals surface area contributed by atoms with E-state index in [1.54, 1.807) is 12.3 Å². The molecule has 0 atom stereocenters. The molecular formula is C28H43ClF3N5. The number of hydrogen-bond acceptors (Lipinski definition) is 4. The summed E-state index contributed by atoms with van der Waals surface area (Å²) in [5.74, 6) is 0. The van der Waals surface area contributed by atoms with Crippen LogP contribution in [0.15, 0.2) is 23.9 Å². The number of anilines is 1. The van der Waals surface area contributed by atoms with Crippen LogP contribution in [0.5, 0.6) is 0 Å². The van der Waals surface area contributed by atoms with Crippen molar-refractivity contribution in [2.45, 2.75) is 105 Å². The van der Waals surface area contributed by atoms with Crippen molar-refractivity contribution in [1.29, 1.82) is 0 Å². The Morgan fingerprint density at radius 3 is 2.05 bits per heavy atom. The van der Waals surface area contributed by atoms with Crippen molar-refractivity contribution in [2.24, 2.45) is 5.73 Å². The van der Waals surface area contributed by atoms with Crippen LogP contribution >= 0.6 is 11.6 Å². The van der Waals surface area contributed by atoms with Gasteiger partial charge in [-0.25, -0.2) is 4.98 Å². The van der Waals surface area contributed by atoms with E-state index >= 15 is 0 Å². The quantitative estimate of drug-likeness (QED) is 0.380. The molecule has 3 aliphatic rings. The summed E-state index contributed by atoms with van der Waals surface area (Å²) in [5.41, 5.74) is 14.0. The summed E-state index contributed by atoms with van der Waals surface area (Å²) in [6.07, 6.45) is 11.1. The number of nitrogens with two attached hydrogens (primary N) is 2. The fraction of sp³-hybridized carbons (Fsp3) is 0.571. The second-order valence-electron chi connectivity index (χ2n) is 8.52. The lowest BCUT2D eigenvalue weighted by atomic mass is 10.0. The lowest BCUT2D eigenvalue weighted by Crippen LogP contribution is -2.13. The predicted octanol–water partition coefficient (Wildman–Crippen LogP) is 8.36. The standard InChI is InChI=1S/C10H8ClF3N2.C8H11N3.C6H12.2C2H6/c11-5-1-2-8-6(3-5)7(15)4-9(16-8)10(12,13)14;1-6(9)7-5-10-11-4-2-3-8(7)11;1-2-4-6-5-3-1;2*1-2/h3-4H,1-2H2,(H2,15,16);5H,1-4,9H2;1-6H2;2*1-2H3. The van der Waals surface area contributed by atoms with E-state index in [0.29, 0.717) is 34.8 Å². The number of nitrogens with zero attached hydrogens (tertiary/aromatic N) is 3. The van der Waals surface area contributed by atoms with Crippen LogP contribution in [0.3, 0.4) is 0 Å². The molecule has 0 amide bonds. The molecule has 0 aromatic carbocycles. The fourth-order valence-corrected chi connectivity index (χ4v) is 4.39. The molecule has 0 saturated heterocycles. The number of pyridine rings is 1. The van der Waals surface area contributed by atoms with Gasteiger partial charge in [-0.05, 0) is 37.8 Å². The molecule has 9 heteroatoms. The number of alkyl halides is 3. The zero-order valence-corrected chi connectivity index (χ0v) is 23.5. The molecule has 2 aromatic heterocycles. The molecule has 2 aromatic rings. The van der Waals surface area contributed by atoms with Crippen LogP contribution in [0.25, 0.3) is 11.8 Å². The molecule has 5 rings (SSSR count). The van der Waals surface area contributed by atoms with Crippen LogP contribution in [-0.2, 0) is 25.6 Å². The van der Waals surface area contributed by atoms with Crippen molar-refractivity contribution in [1.82, 2.24) is 14.8 Å². The minimum atomic E-state index is -4.46. The number of aryl methyl sites for hydroxylation is 2. The van der Waals surface area contributed by atoms with E-state index in [-0.39, 0.29) is 5.69 Å². The molecule has 1 saturated carbocycles. The third-order valence-corrected chi connectivity index (χ3v) is 6.24. The zero-order valence-electron chi connectivity index (χ0n) is 22.7. The number of aromatic nitrogens is 3. The Balaban J connectivity index is 0.000000282. The van der Waals surface area contributed by atoms with Gasteiger partial charge >= 0.3 is 6.18 Å². The van der Waals surface area contributed by atoms with Crippen LogP contribution in [-0.4, -0.2) is 14.8 Å². The molecule has 0 spiro atoms. The second-order valence-corrected chi connectivity index (χ2v) is 9.01. The van der Waals surface area contributed by atoms with Crippen LogP contribution in [0.4, 0.5) is 18.9 Å². The first-order valence-corrected chi connectivity index (χ1v) is 13.8. The van der Waals surface area contributed by atoms with E-state index in [0.717, 1.165) is 24.6 Å². The van der Waals surface area contributed by atoms with Crippen LogP contribution < -0.4 is 11.5 Å². The lowest BCUT2D eigenvalue weighted by Gasteiger charge is -2.16. The highest BCUT2D eigenvalue weighted by atomic mass is 35.5. The average molecular weight is 542 g/mol. The largest absolute Gasteiger partial charge is 0.433 e. The van der Waals surface area contributed by atoms with Gasteiger partial charge in [-0.1, -0.05) is 84.4 Å². The molecule has 1 aliphatic heterocycles. The maximum absolute atomic E-state index is 12.5. The maximum atomic E-state index is 12.5. The Bertz CT molecular complexity index is 996. The van der Waals surface area contributed by atoms with Crippen LogP contribution in [0, 0.1) is 0 Å². The number of nitrogen functional groups attached to an aromatic ring is 1. The number of rotatable bonds is 1. The van der Waals surface area contributed by atoms with Gasteiger partial charge < -0.3 is 11.5 Å². The molecular weight excluding hydrogens is 499 g/mol. The lowest BCUT2D eigenvalue weighted by molar-refractivity contribution is -0.141. The van der Waals surface area contributed by atoms with Gasteiger partial charge in [-0.15, -0.1) is 0 Å². The van der Waals surface area contributed by atoms with Gasteiger partial charge in [0.2, 0.25) is 0 Å². The molecule has 0 bridgehead atoms. The Hall–Kier alpha value is -2.48. The highest BCUT2D eigenvalue weighted by Crippen LogP contribution is 2.34. The van der Waals surface area contributed by atoms with Crippen molar-refractivity contribution in [3.8, 4) is 0 Å². The number of allylic oxidation sites excluding steroid dienone is 1. The Morgan fingerprint density at radius 2 is 1.54 bits per heavy atom. The average Bonchev–Trinajstić information content (AvgIpc) is 3.52. The third-order valence-electron chi connectivity index (χ3n) is 5.94. The van der Waals surface area contributed by atoms with Crippen molar-refractivity contribution >= 4 is 29.1 Å². The molecule has 37 heavy (non-hydrogen) atoms. The monoisotopic (exact) mass is 541 g/mol. The first-order chi connectivity index (χ1) is 17.7. The van der Waals surface area contributed by atoms with E-state index in [1.165, 1.54) is 50.6 Å². The van der Waals surface area contributed by atoms with Crippen molar-refractivity contribution in [3.63, 3.8) is 0 Å². The summed E-state index contributed by atoms with van der Waals surface area (Å²) in [6.45, 7) is 12.7. The predicted molar refractivity (Wildman–Crippen MR) is 150 cm³/mol. The van der Waals surface area contributed by atoms with Crippen LogP contribution in [0.1, 0.15) is 107 Å². The molecule has 0 radical (unpaired) electrons. The first-order valence-electron chi connectivity index (χ1n) is 13.4. The second kappa shape index (κ2) is 16.4. The van der Waals surface area contributed by atoms with Gasteiger partial charge in [0, 0.05) is 39.8 Å². The van der Waals surface area contributed by atoms with Crippen LogP contribution in [0.2, 0.25) is 0 Å². The number of halogens is 4. The summed E-state index contributed by atoms with van der Waals surface area (Å²) in [7, 11) is 0. The minimum absolute atomic E-state index is 0.0650. The zero-order chi connectivity index (χ0) is 28.0. The topological polar surface area (TPSA) is 82.8 Å². The van der Waals surface area contributed by atoms with Gasteiger partial charge in [0.15, 0.2) is 0 Å². The van der Waals surface area contributed by atoms with Crippen molar-refractivity contribution < 1.29 is 13.2 Å².